The molecule has 0 radical (unpaired) electrons. The van der Waals surface area contributed by atoms with E-state index in [0.717, 1.165) is 58.1 Å². The van der Waals surface area contributed by atoms with E-state index in [9.17, 15) is 13.2 Å². The van der Waals surface area contributed by atoms with Gasteiger partial charge in [-0.2, -0.15) is 12.7 Å². The molecule has 1 amide bonds. The van der Waals surface area contributed by atoms with Gasteiger partial charge in [0.05, 0.1) is 24.9 Å². The molecule has 2 aliphatic heterocycles. The van der Waals surface area contributed by atoms with Crippen LogP contribution in [0.15, 0.2) is 42.5 Å². The fraction of sp³-hybridized carbons (Fsp3) is 0.545. The van der Waals surface area contributed by atoms with Crippen LogP contribution in [0.5, 0.6) is 5.75 Å². The number of amides is 1. The fourth-order valence-electron chi connectivity index (χ4n) is 6.92. The molecule has 1 aromatic heterocycles. The van der Waals surface area contributed by atoms with Crippen molar-refractivity contribution in [3.63, 3.8) is 0 Å². The van der Waals surface area contributed by atoms with Gasteiger partial charge in [0, 0.05) is 61.8 Å². The van der Waals surface area contributed by atoms with Crippen molar-refractivity contribution in [2.45, 2.75) is 50.6 Å². The van der Waals surface area contributed by atoms with Crippen LogP contribution in [-0.2, 0) is 21.5 Å². The van der Waals surface area contributed by atoms with Gasteiger partial charge < -0.3 is 18.9 Å². The van der Waals surface area contributed by atoms with Crippen LogP contribution in [-0.4, -0.2) is 106 Å². The number of benzene rings is 2. The van der Waals surface area contributed by atoms with E-state index in [1.807, 2.05) is 18.2 Å². The number of nitrogens with zero attached hydrogens (tertiary/aromatic N) is 4. The van der Waals surface area contributed by atoms with E-state index in [1.54, 1.807) is 6.07 Å². The summed E-state index contributed by atoms with van der Waals surface area (Å²) in [6.07, 6.45) is 5.89. The van der Waals surface area contributed by atoms with E-state index >= 15 is 0 Å². The average molecular weight is 624 g/mol. The highest BCUT2D eigenvalue weighted by molar-refractivity contribution is 7.87. The summed E-state index contributed by atoms with van der Waals surface area (Å²) in [5.41, 5.74) is 4.81. The molecular weight excluding hydrogens is 578 g/mol. The van der Waals surface area contributed by atoms with Gasteiger partial charge in [0.15, 0.2) is 0 Å². The van der Waals surface area contributed by atoms with Gasteiger partial charge >= 0.3 is 10.2 Å². The molecule has 1 aliphatic carbocycles. The summed E-state index contributed by atoms with van der Waals surface area (Å²) in [5.74, 6) is 0.624. The van der Waals surface area contributed by atoms with Crippen molar-refractivity contribution >= 4 is 27.0 Å². The molecule has 1 N–H and O–H groups in total. The van der Waals surface area contributed by atoms with Crippen LogP contribution in [0, 0.1) is 0 Å². The Hall–Kier alpha value is -2.96. The molecule has 0 unspecified atom stereocenters. The van der Waals surface area contributed by atoms with Gasteiger partial charge in [-0.25, -0.2) is 4.72 Å². The monoisotopic (exact) mass is 623 g/mol. The van der Waals surface area contributed by atoms with Crippen LogP contribution in [0.3, 0.4) is 0 Å². The molecular formula is C33H45N5O5S. The normalized spacial score (nSPS) is 22.5. The fourth-order valence-corrected chi connectivity index (χ4v) is 7.74. The lowest BCUT2D eigenvalue weighted by atomic mass is 9.81. The maximum Gasteiger partial charge on any atom is 0.303 e. The van der Waals surface area contributed by atoms with E-state index in [-0.39, 0.29) is 19.2 Å². The molecule has 3 aromatic rings. The summed E-state index contributed by atoms with van der Waals surface area (Å²) in [7, 11) is 1.58. The molecule has 1 atom stereocenters. The molecule has 238 valence electrons. The third kappa shape index (κ3) is 6.39. The number of carbonyl (C=O) groups is 1. The third-order valence-electron chi connectivity index (χ3n) is 9.40. The second-order valence-corrected chi connectivity index (χ2v) is 14.4. The molecule has 44 heavy (non-hydrogen) atoms. The molecule has 3 aliphatic rings. The predicted octanol–water partition coefficient (Wildman–Crippen LogP) is 3.92. The summed E-state index contributed by atoms with van der Waals surface area (Å²) in [5, 5.41) is 1.13. The van der Waals surface area contributed by atoms with E-state index < -0.39 is 16.1 Å². The summed E-state index contributed by atoms with van der Waals surface area (Å²) >= 11 is 0. The third-order valence-corrected chi connectivity index (χ3v) is 10.8. The van der Waals surface area contributed by atoms with Crippen LogP contribution in [0.1, 0.15) is 53.9 Å². The lowest BCUT2D eigenvalue weighted by molar-refractivity contribution is 0.0593. The first-order valence-corrected chi connectivity index (χ1v) is 17.3. The highest BCUT2D eigenvalue weighted by Crippen LogP contribution is 2.47. The van der Waals surface area contributed by atoms with Crippen molar-refractivity contribution in [3.8, 4) is 17.0 Å². The second kappa shape index (κ2) is 13.2. The van der Waals surface area contributed by atoms with E-state index in [4.69, 9.17) is 9.47 Å². The maximum atomic E-state index is 13.4. The molecule has 0 saturated heterocycles. The minimum absolute atomic E-state index is 0.0499. The molecule has 2 aromatic carbocycles. The number of nitrogens with one attached hydrogen (secondary N) is 1. The van der Waals surface area contributed by atoms with Crippen LogP contribution in [0.25, 0.3) is 22.2 Å². The SMILES string of the molecule is CN(C)CCN1CCOCCN(C)S(=O)(=O)NC(=O)c2ccc3c(C4CCCCC4)c4n(c3c2)C[C@@H]1COc1ccccc1-4. The van der Waals surface area contributed by atoms with E-state index in [0.29, 0.717) is 37.8 Å². The van der Waals surface area contributed by atoms with E-state index in [2.05, 4.69) is 51.4 Å². The lowest BCUT2D eigenvalue weighted by Crippen LogP contribution is -2.47. The van der Waals surface area contributed by atoms with Crippen LogP contribution in [0.2, 0.25) is 0 Å². The first kappa shape index (κ1) is 31.0. The highest BCUT2D eigenvalue weighted by atomic mass is 32.2. The Bertz CT molecular complexity index is 1600. The van der Waals surface area contributed by atoms with Crippen LogP contribution >= 0.6 is 0 Å². The standard InChI is InChI=1S/C33H45N5O5S/c1-35(2)15-16-37-18-20-42-19-17-36(3)44(40,41)34-33(39)25-13-14-27-29(21-25)38-22-26(37)23-43-30-12-8-7-11-28(30)32(38)31(27)24-9-5-4-6-10-24/h7-8,11-14,21,24,26H,4-6,9-10,15-20,22-23H2,1-3H3,(H,34,39)/t26-/m1/s1. The number of hydrogen-bond donors (Lipinski definition) is 1. The Kier molecular flexibility index (Phi) is 9.30. The predicted molar refractivity (Wildman–Crippen MR) is 172 cm³/mol. The van der Waals surface area contributed by atoms with Crippen molar-refractivity contribution in [1.29, 1.82) is 0 Å². The largest absolute Gasteiger partial charge is 0.491 e. The van der Waals surface area contributed by atoms with Crippen molar-refractivity contribution in [2.75, 3.05) is 67.1 Å². The zero-order chi connectivity index (χ0) is 30.8. The minimum atomic E-state index is -4.03. The molecule has 1 saturated carbocycles. The van der Waals surface area contributed by atoms with Gasteiger partial charge in [-0.15, -0.1) is 0 Å². The van der Waals surface area contributed by atoms with Gasteiger partial charge in [0.2, 0.25) is 0 Å². The van der Waals surface area contributed by atoms with Crippen molar-refractivity contribution in [2.24, 2.45) is 0 Å². The number of likely N-dealkylation sites (N-methyl/N-ethyl adjacent to an activating group) is 2. The van der Waals surface area contributed by atoms with Gasteiger partial charge in [0.1, 0.15) is 12.4 Å². The van der Waals surface area contributed by atoms with Crippen molar-refractivity contribution in [1.82, 2.24) is 23.4 Å². The van der Waals surface area contributed by atoms with Crippen LogP contribution in [0.4, 0.5) is 0 Å². The first-order valence-electron chi connectivity index (χ1n) is 15.9. The number of aromatic nitrogens is 1. The average Bonchev–Trinajstić information content (AvgIpc) is 3.31. The lowest BCUT2D eigenvalue weighted by Gasteiger charge is -2.35. The van der Waals surface area contributed by atoms with Gasteiger partial charge in [-0.1, -0.05) is 37.5 Å². The highest BCUT2D eigenvalue weighted by Gasteiger charge is 2.33. The van der Waals surface area contributed by atoms with Crippen molar-refractivity contribution < 1.29 is 22.7 Å². The van der Waals surface area contributed by atoms with Gasteiger partial charge in [-0.3, -0.25) is 9.69 Å². The Balaban J connectivity index is 1.56. The molecule has 10 nitrogen and oxygen atoms in total. The maximum absolute atomic E-state index is 13.4. The topological polar surface area (TPSA) is 96.4 Å². The first-order chi connectivity index (χ1) is 21.2. The van der Waals surface area contributed by atoms with Crippen molar-refractivity contribution in [3.05, 3.63) is 53.6 Å². The zero-order valence-electron chi connectivity index (χ0n) is 26.1. The summed E-state index contributed by atoms with van der Waals surface area (Å²) in [6, 6.07) is 14.0. The molecule has 6 rings (SSSR count). The Labute approximate surface area is 261 Å². The number of para-hydroxylation sites is 1. The Morgan fingerprint density at radius 2 is 1.80 bits per heavy atom. The molecule has 0 spiro atoms. The molecule has 3 heterocycles. The summed E-state index contributed by atoms with van der Waals surface area (Å²) in [6.45, 7) is 4.41. The van der Waals surface area contributed by atoms with Gasteiger partial charge in [0.25, 0.3) is 5.91 Å². The number of fused-ring (bicyclic) bond motifs is 4. The van der Waals surface area contributed by atoms with Gasteiger partial charge in [-0.05, 0) is 62.7 Å². The molecule has 11 heteroatoms. The number of carbonyl (C=O) groups excluding carboxylic acids is 1. The Morgan fingerprint density at radius 3 is 2.59 bits per heavy atom. The molecule has 1 fully saturated rings. The van der Waals surface area contributed by atoms with Crippen LogP contribution < -0.4 is 9.46 Å². The van der Waals surface area contributed by atoms with E-state index in [1.165, 1.54) is 31.9 Å². The zero-order valence-corrected chi connectivity index (χ0v) is 26.9. The quantitative estimate of drug-likeness (QED) is 0.471. The summed E-state index contributed by atoms with van der Waals surface area (Å²) in [4.78, 5) is 18.0. The number of rotatable bonds is 4. The molecule has 4 bridgehead atoms. The number of ether oxygens (including phenoxy) is 2. The summed E-state index contributed by atoms with van der Waals surface area (Å²) < 4.78 is 44.4. The second-order valence-electron chi connectivity index (χ2n) is 12.6. The Morgan fingerprint density at radius 1 is 1.02 bits per heavy atom. The number of hydrogen-bond acceptors (Lipinski definition) is 7. The smallest absolute Gasteiger partial charge is 0.303 e. The minimum Gasteiger partial charge on any atom is -0.491 e.